The molecule has 1 heterocycles. The lowest BCUT2D eigenvalue weighted by Gasteiger charge is -2.16. The molecule has 1 fully saturated rings. The number of aryl methyl sites for hydroxylation is 1. The van der Waals surface area contributed by atoms with E-state index in [1.165, 1.54) is 6.20 Å². The first-order chi connectivity index (χ1) is 9.49. The predicted molar refractivity (Wildman–Crippen MR) is 74.8 cm³/mol. The molecule has 1 aromatic heterocycles. The molecule has 2 unspecified atom stereocenters. The molecular weight excluding hydrogens is 280 g/mol. The summed E-state index contributed by atoms with van der Waals surface area (Å²) in [5.41, 5.74) is 1.07. The molecule has 6 heteroatoms. The van der Waals surface area contributed by atoms with Gasteiger partial charge in [-0.3, -0.25) is 14.6 Å². The highest BCUT2D eigenvalue weighted by Gasteiger charge is 2.32. The number of carbonyl (C=O) groups is 2. The SMILES string of the molecule is Cc1cc(Cl)c(C(=O)NCC2CCCC2C(=O)O)cn1. The smallest absolute Gasteiger partial charge is 0.306 e. The Hall–Kier alpha value is -1.62. The third kappa shape index (κ3) is 3.28. The van der Waals surface area contributed by atoms with Gasteiger partial charge in [-0.2, -0.15) is 0 Å². The number of hydrogen-bond acceptors (Lipinski definition) is 3. The summed E-state index contributed by atoms with van der Waals surface area (Å²) in [6.07, 6.45) is 3.85. The van der Waals surface area contributed by atoms with Crippen molar-refractivity contribution in [3.8, 4) is 0 Å². The zero-order valence-corrected chi connectivity index (χ0v) is 12.0. The Kier molecular flexibility index (Phi) is 4.60. The first-order valence-electron chi connectivity index (χ1n) is 6.62. The van der Waals surface area contributed by atoms with E-state index in [1.807, 2.05) is 0 Å². The van der Waals surface area contributed by atoms with Gasteiger partial charge in [-0.1, -0.05) is 18.0 Å². The van der Waals surface area contributed by atoms with Gasteiger partial charge in [-0.25, -0.2) is 0 Å². The molecule has 108 valence electrons. The number of nitrogens with zero attached hydrogens (tertiary/aromatic N) is 1. The normalized spacial score (nSPS) is 21.7. The van der Waals surface area contributed by atoms with Gasteiger partial charge in [-0.05, 0) is 31.7 Å². The monoisotopic (exact) mass is 296 g/mol. The fraction of sp³-hybridized carbons (Fsp3) is 0.500. The molecule has 0 aliphatic heterocycles. The second-order valence-electron chi connectivity index (χ2n) is 5.15. The minimum absolute atomic E-state index is 0.00590. The second kappa shape index (κ2) is 6.22. The summed E-state index contributed by atoms with van der Waals surface area (Å²) < 4.78 is 0. The largest absolute Gasteiger partial charge is 0.481 e. The van der Waals surface area contributed by atoms with Gasteiger partial charge in [0.15, 0.2) is 0 Å². The van der Waals surface area contributed by atoms with Crippen molar-refractivity contribution >= 4 is 23.5 Å². The zero-order chi connectivity index (χ0) is 14.7. The van der Waals surface area contributed by atoms with Gasteiger partial charge < -0.3 is 10.4 Å². The van der Waals surface area contributed by atoms with E-state index in [-0.39, 0.29) is 17.7 Å². The van der Waals surface area contributed by atoms with Crippen LogP contribution in [0.3, 0.4) is 0 Å². The number of rotatable bonds is 4. The van der Waals surface area contributed by atoms with Gasteiger partial charge in [0.1, 0.15) is 0 Å². The van der Waals surface area contributed by atoms with E-state index in [0.29, 0.717) is 23.6 Å². The first kappa shape index (κ1) is 14.8. The highest BCUT2D eigenvalue weighted by atomic mass is 35.5. The van der Waals surface area contributed by atoms with E-state index in [0.717, 1.165) is 18.5 Å². The molecule has 0 radical (unpaired) electrons. The zero-order valence-electron chi connectivity index (χ0n) is 11.2. The average molecular weight is 297 g/mol. The molecule has 2 N–H and O–H groups in total. The standard InChI is InChI=1S/C14H17ClN2O3/c1-8-5-12(15)11(7-16-8)13(18)17-6-9-3-2-4-10(9)14(19)20/h5,7,9-10H,2-4,6H2,1H3,(H,17,18)(H,19,20). The van der Waals surface area contributed by atoms with Crippen molar-refractivity contribution in [2.45, 2.75) is 26.2 Å². The van der Waals surface area contributed by atoms with Gasteiger partial charge >= 0.3 is 5.97 Å². The molecule has 5 nitrogen and oxygen atoms in total. The van der Waals surface area contributed by atoms with Gasteiger partial charge in [0.05, 0.1) is 16.5 Å². The van der Waals surface area contributed by atoms with Crippen molar-refractivity contribution in [3.63, 3.8) is 0 Å². The van der Waals surface area contributed by atoms with E-state index in [9.17, 15) is 9.59 Å². The number of amides is 1. The molecule has 2 rings (SSSR count). The van der Waals surface area contributed by atoms with E-state index < -0.39 is 5.97 Å². The fourth-order valence-electron chi connectivity index (χ4n) is 2.62. The Morgan fingerprint density at radius 2 is 2.25 bits per heavy atom. The number of carboxylic acids is 1. The van der Waals surface area contributed by atoms with Crippen LogP contribution in [-0.4, -0.2) is 28.5 Å². The van der Waals surface area contributed by atoms with Gasteiger partial charge in [0.25, 0.3) is 5.91 Å². The molecule has 2 atom stereocenters. The molecule has 0 aromatic carbocycles. The van der Waals surface area contributed by atoms with Gasteiger partial charge in [0, 0.05) is 18.4 Å². The van der Waals surface area contributed by atoms with E-state index in [1.54, 1.807) is 13.0 Å². The predicted octanol–water partition coefficient (Wildman–Crippen LogP) is 2.27. The molecular formula is C14H17ClN2O3. The maximum Gasteiger partial charge on any atom is 0.306 e. The van der Waals surface area contributed by atoms with Crippen LogP contribution < -0.4 is 5.32 Å². The number of pyridine rings is 1. The van der Waals surface area contributed by atoms with Crippen LogP contribution in [-0.2, 0) is 4.79 Å². The summed E-state index contributed by atoms with van der Waals surface area (Å²) in [6.45, 7) is 2.16. The molecule has 0 saturated heterocycles. The van der Waals surface area contributed by atoms with Crippen LogP contribution in [0.15, 0.2) is 12.3 Å². The Morgan fingerprint density at radius 1 is 1.50 bits per heavy atom. The van der Waals surface area contributed by atoms with Crippen LogP contribution in [0.2, 0.25) is 5.02 Å². The highest BCUT2D eigenvalue weighted by molar-refractivity contribution is 6.33. The van der Waals surface area contributed by atoms with Gasteiger partial charge in [-0.15, -0.1) is 0 Å². The van der Waals surface area contributed by atoms with Crippen molar-refractivity contribution in [3.05, 3.63) is 28.5 Å². The lowest BCUT2D eigenvalue weighted by atomic mass is 9.96. The Balaban J connectivity index is 1.97. The highest BCUT2D eigenvalue weighted by Crippen LogP contribution is 2.31. The van der Waals surface area contributed by atoms with E-state index >= 15 is 0 Å². The lowest BCUT2D eigenvalue weighted by molar-refractivity contribution is -0.142. The Bertz CT molecular complexity index is 533. The minimum atomic E-state index is -0.781. The van der Waals surface area contributed by atoms with E-state index in [4.69, 9.17) is 16.7 Å². The van der Waals surface area contributed by atoms with Crippen LogP contribution in [0.4, 0.5) is 0 Å². The first-order valence-corrected chi connectivity index (χ1v) is 7.00. The van der Waals surface area contributed by atoms with Crippen molar-refractivity contribution < 1.29 is 14.7 Å². The van der Waals surface area contributed by atoms with Gasteiger partial charge in [0.2, 0.25) is 0 Å². The molecule has 1 aliphatic rings. The molecule has 1 aromatic rings. The Labute approximate surface area is 122 Å². The molecule has 0 spiro atoms. The number of carboxylic acid groups (broad SMARTS) is 1. The summed E-state index contributed by atoms with van der Waals surface area (Å²) in [5, 5.41) is 12.2. The summed E-state index contributed by atoms with van der Waals surface area (Å²) in [7, 11) is 0. The van der Waals surface area contributed by atoms with Crippen molar-refractivity contribution in [1.29, 1.82) is 0 Å². The lowest BCUT2D eigenvalue weighted by Crippen LogP contribution is -2.33. The van der Waals surface area contributed by atoms with Crippen molar-refractivity contribution in [1.82, 2.24) is 10.3 Å². The van der Waals surface area contributed by atoms with Crippen LogP contribution in [0.1, 0.15) is 35.3 Å². The Morgan fingerprint density at radius 3 is 2.90 bits per heavy atom. The van der Waals surface area contributed by atoms with E-state index in [2.05, 4.69) is 10.3 Å². The maximum absolute atomic E-state index is 12.0. The molecule has 1 aliphatic carbocycles. The number of carbonyl (C=O) groups excluding carboxylic acids is 1. The number of aliphatic carboxylic acids is 1. The summed E-state index contributed by atoms with van der Waals surface area (Å²) in [6, 6.07) is 1.63. The molecule has 20 heavy (non-hydrogen) atoms. The molecule has 0 bridgehead atoms. The van der Waals surface area contributed by atoms with Crippen molar-refractivity contribution in [2.24, 2.45) is 11.8 Å². The quantitative estimate of drug-likeness (QED) is 0.893. The third-order valence-corrected chi connectivity index (χ3v) is 4.05. The van der Waals surface area contributed by atoms with Crippen molar-refractivity contribution in [2.75, 3.05) is 6.54 Å². The maximum atomic E-state index is 12.0. The molecule has 1 saturated carbocycles. The topological polar surface area (TPSA) is 79.3 Å². The number of halogens is 1. The van der Waals surface area contributed by atoms with Crippen LogP contribution >= 0.6 is 11.6 Å². The summed E-state index contributed by atoms with van der Waals surface area (Å²) in [4.78, 5) is 27.1. The van der Waals surface area contributed by atoms with Crippen LogP contribution in [0.25, 0.3) is 0 Å². The minimum Gasteiger partial charge on any atom is -0.481 e. The fourth-order valence-corrected chi connectivity index (χ4v) is 2.91. The molecule has 1 amide bonds. The number of hydrogen-bond donors (Lipinski definition) is 2. The average Bonchev–Trinajstić information content (AvgIpc) is 2.84. The second-order valence-corrected chi connectivity index (χ2v) is 5.56. The van der Waals surface area contributed by atoms with Crippen LogP contribution in [0, 0.1) is 18.8 Å². The third-order valence-electron chi connectivity index (χ3n) is 3.74. The summed E-state index contributed by atoms with van der Waals surface area (Å²) in [5.74, 6) is -1.45. The number of nitrogens with one attached hydrogen (secondary N) is 1. The van der Waals surface area contributed by atoms with Crippen LogP contribution in [0.5, 0.6) is 0 Å². The number of aromatic nitrogens is 1. The summed E-state index contributed by atoms with van der Waals surface area (Å²) >= 11 is 6.00.